The maximum absolute atomic E-state index is 12.4. The molecule has 0 saturated carbocycles. The summed E-state index contributed by atoms with van der Waals surface area (Å²) in [6.07, 6.45) is 0. The lowest BCUT2D eigenvalue weighted by atomic mass is 9.95. The number of nitrogens with two attached hydrogens (primary N) is 1. The number of carbonyl (C=O) groups is 1. The van der Waals surface area contributed by atoms with Crippen LogP contribution in [0.3, 0.4) is 0 Å². The lowest BCUT2D eigenvalue weighted by Crippen LogP contribution is -2.33. The number of aryl methyl sites for hydroxylation is 1. The van der Waals surface area contributed by atoms with E-state index in [4.69, 9.17) is 5.73 Å². The molecule has 3 rings (SSSR count). The second-order valence-corrected chi connectivity index (χ2v) is 6.68. The summed E-state index contributed by atoms with van der Waals surface area (Å²) in [6, 6.07) is 14.5. The number of likely N-dealkylation sites (tertiary alicyclic amines) is 1. The first-order valence-electron chi connectivity index (χ1n) is 8.52. The highest BCUT2D eigenvalue weighted by molar-refractivity contribution is 5.93. The molecule has 26 heavy (non-hydrogen) atoms. The Bertz CT molecular complexity index is 810. The van der Waals surface area contributed by atoms with E-state index < -0.39 is 4.92 Å². The van der Waals surface area contributed by atoms with Gasteiger partial charge in [-0.05, 0) is 18.1 Å². The zero-order chi connectivity index (χ0) is 18.7. The number of non-ortho nitro benzene ring substituents is 1. The molecule has 1 fully saturated rings. The molecule has 3 N–H and O–H groups in total. The SMILES string of the molecule is Cc1ccc([N+](=O)[O-])cc1NC(=O)CN1C[C@@H](N)[C@H](c2ccccc2)C1. The molecule has 0 unspecified atom stereocenters. The molecule has 1 heterocycles. The average molecular weight is 354 g/mol. The lowest BCUT2D eigenvalue weighted by Gasteiger charge is -2.16. The Morgan fingerprint density at radius 1 is 1.27 bits per heavy atom. The Morgan fingerprint density at radius 3 is 2.69 bits per heavy atom. The van der Waals surface area contributed by atoms with Gasteiger partial charge in [-0.25, -0.2) is 0 Å². The van der Waals surface area contributed by atoms with Crippen molar-refractivity contribution in [1.82, 2.24) is 4.90 Å². The molecule has 1 aliphatic rings. The molecular formula is C19H22N4O3. The van der Waals surface area contributed by atoms with Gasteiger partial charge in [0.2, 0.25) is 5.91 Å². The highest BCUT2D eigenvalue weighted by Crippen LogP contribution is 2.26. The second kappa shape index (κ2) is 7.63. The number of carbonyl (C=O) groups excluding carboxylic acids is 1. The standard InChI is InChI=1S/C19H22N4O3/c1-13-7-8-15(23(25)26)9-18(13)21-19(24)12-22-10-16(17(20)11-22)14-5-3-2-4-6-14/h2-9,16-17H,10-12,20H2,1H3,(H,21,24)/t16-,17+/m0/s1. The van der Waals surface area contributed by atoms with Gasteiger partial charge in [0.1, 0.15) is 0 Å². The fraction of sp³-hybridized carbons (Fsp3) is 0.316. The molecule has 1 saturated heterocycles. The number of hydrogen-bond donors (Lipinski definition) is 2. The molecule has 1 aliphatic heterocycles. The number of nitrogens with one attached hydrogen (secondary N) is 1. The summed E-state index contributed by atoms with van der Waals surface area (Å²) in [6.45, 7) is 3.36. The van der Waals surface area contributed by atoms with E-state index in [1.807, 2.05) is 23.1 Å². The predicted octanol–water partition coefficient (Wildman–Crippen LogP) is 2.27. The highest BCUT2D eigenvalue weighted by atomic mass is 16.6. The number of nitro benzene ring substituents is 1. The van der Waals surface area contributed by atoms with Gasteiger partial charge in [0.05, 0.1) is 17.2 Å². The number of hydrogen-bond acceptors (Lipinski definition) is 5. The Hall–Kier alpha value is -2.77. The molecule has 7 nitrogen and oxygen atoms in total. The van der Waals surface area contributed by atoms with Crippen LogP contribution in [0.1, 0.15) is 17.0 Å². The van der Waals surface area contributed by atoms with Crippen molar-refractivity contribution >= 4 is 17.3 Å². The van der Waals surface area contributed by atoms with E-state index >= 15 is 0 Å². The molecule has 0 aliphatic carbocycles. The van der Waals surface area contributed by atoms with Gasteiger partial charge in [0.25, 0.3) is 5.69 Å². The molecular weight excluding hydrogens is 332 g/mol. The second-order valence-electron chi connectivity index (χ2n) is 6.68. The van der Waals surface area contributed by atoms with E-state index in [2.05, 4.69) is 17.4 Å². The molecule has 2 aromatic rings. The van der Waals surface area contributed by atoms with Crippen LogP contribution in [0.5, 0.6) is 0 Å². The van der Waals surface area contributed by atoms with Crippen LogP contribution in [0.25, 0.3) is 0 Å². The first-order valence-corrected chi connectivity index (χ1v) is 8.52. The largest absolute Gasteiger partial charge is 0.326 e. The number of nitrogens with zero attached hydrogens (tertiary/aromatic N) is 2. The molecule has 136 valence electrons. The van der Waals surface area contributed by atoms with Gasteiger partial charge in [-0.1, -0.05) is 36.4 Å². The fourth-order valence-electron chi connectivity index (χ4n) is 3.35. The van der Waals surface area contributed by atoms with Crippen molar-refractivity contribution < 1.29 is 9.72 Å². The van der Waals surface area contributed by atoms with Gasteiger partial charge < -0.3 is 11.1 Å². The van der Waals surface area contributed by atoms with Crippen LogP contribution in [0.2, 0.25) is 0 Å². The van der Waals surface area contributed by atoms with E-state index in [-0.39, 0.29) is 30.1 Å². The minimum Gasteiger partial charge on any atom is -0.326 e. The summed E-state index contributed by atoms with van der Waals surface area (Å²) in [5.74, 6) is -0.00180. The minimum absolute atomic E-state index is 0.0234. The maximum atomic E-state index is 12.4. The average Bonchev–Trinajstić information content (AvgIpc) is 2.97. The van der Waals surface area contributed by atoms with Crippen LogP contribution < -0.4 is 11.1 Å². The van der Waals surface area contributed by atoms with Crippen molar-refractivity contribution in [2.75, 3.05) is 25.0 Å². The summed E-state index contributed by atoms with van der Waals surface area (Å²) >= 11 is 0. The first kappa shape index (κ1) is 18.0. The van der Waals surface area contributed by atoms with Crippen LogP contribution >= 0.6 is 0 Å². The Labute approximate surface area is 152 Å². The van der Waals surface area contributed by atoms with E-state index in [0.29, 0.717) is 18.8 Å². The monoisotopic (exact) mass is 354 g/mol. The minimum atomic E-state index is -0.473. The van der Waals surface area contributed by atoms with Crippen LogP contribution in [-0.4, -0.2) is 41.4 Å². The maximum Gasteiger partial charge on any atom is 0.271 e. The quantitative estimate of drug-likeness (QED) is 0.633. The molecule has 2 atom stereocenters. The van der Waals surface area contributed by atoms with E-state index in [1.165, 1.54) is 17.7 Å². The number of nitro groups is 1. The van der Waals surface area contributed by atoms with Gasteiger partial charge >= 0.3 is 0 Å². The van der Waals surface area contributed by atoms with Gasteiger partial charge in [0.15, 0.2) is 0 Å². The number of anilines is 1. The van der Waals surface area contributed by atoms with Crippen molar-refractivity contribution in [3.8, 4) is 0 Å². The Balaban J connectivity index is 1.63. The normalized spacial score (nSPS) is 20.1. The van der Waals surface area contributed by atoms with Crippen LogP contribution in [0.4, 0.5) is 11.4 Å². The molecule has 0 aromatic heterocycles. The summed E-state index contributed by atoms with van der Waals surface area (Å²) in [5, 5.41) is 13.7. The van der Waals surface area contributed by atoms with Gasteiger partial charge in [-0.2, -0.15) is 0 Å². The van der Waals surface area contributed by atoms with Crippen LogP contribution in [0, 0.1) is 17.0 Å². The predicted molar refractivity (Wildman–Crippen MR) is 100 cm³/mol. The molecule has 7 heteroatoms. The third-order valence-electron chi connectivity index (χ3n) is 4.74. The van der Waals surface area contributed by atoms with E-state index in [9.17, 15) is 14.9 Å². The van der Waals surface area contributed by atoms with Gasteiger partial charge in [0, 0.05) is 37.2 Å². The van der Waals surface area contributed by atoms with E-state index in [0.717, 1.165) is 5.56 Å². The molecule has 0 bridgehead atoms. The van der Waals surface area contributed by atoms with Gasteiger partial charge in [-0.3, -0.25) is 19.8 Å². The zero-order valence-corrected chi connectivity index (χ0v) is 14.6. The molecule has 0 spiro atoms. The molecule has 0 radical (unpaired) electrons. The number of rotatable bonds is 5. The topological polar surface area (TPSA) is 102 Å². The highest BCUT2D eigenvalue weighted by Gasteiger charge is 2.32. The molecule has 2 aromatic carbocycles. The summed E-state index contributed by atoms with van der Waals surface area (Å²) < 4.78 is 0. The smallest absolute Gasteiger partial charge is 0.271 e. The van der Waals surface area contributed by atoms with Crippen LogP contribution in [-0.2, 0) is 4.79 Å². The van der Waals surface area contributed by atoms with Crippen molar-refractivity contribution in [2.45, 2.75) is 18.9 Å². The third kappa shape index (κ3) is 4.07. The summed E-state index contributed by atoms with van der Waals surface area (Å²) in [5.41, 5.74) is 8.64. The number of benzene rings is 2. The Morgan fingerprint density at radius 2 is 2.00 bits per heavy atom. The van der Waals surface area contributed by atoms with Crippen molar-refractivity contribution in [1.29, 1.82) is 0 Å². The number of amides is 1. The fourth-order valence-corrected chi connectivity index (χ4v) is 3.35. The van der Waals surface area contributed by atoms with Crippen molar-refractivity contribution in [3.05, 3.63) is 69.8 Å². The third-order valence-corrected chi connectivity index (χ3v) is 4.74. The zero-order valence-electron chi connectivity index (χ0n) is 14.6. The molecule has 1 amide bonds. The van der Waals surface area contributed by atoms with Crippen molar-refractivity contribution in [2.24, 2.45) is 5.73 Å². The van der Waals surface area contributed by atoms with Crippen LogP contribution in [0.15, 0.2) is 48.5 Å². The summed E-state index contributed by atoms with van der Waals surface area (Å²) in [4.78, 5) is 24.8. The first-order chi connectivity index (χ1) is 12.4. The lowest BCUT2D eigenvalue weighted by molar-refractivity contribution is -0.384. The van der Waals surface area contributed by atoms with Crippen molar-refractivity contribution in [3.63, 3.8) is 0 Å². The van der Waals surface area contributed by atoms with Gasteiger partial charge in [-0.15, -0.1) is 0 Å². The summed E-state index contributed by atoms with van der Waals surface area (Å²) in [7, 11) is 0. The Kier molecular flexibility index (Phi) is 5.29. The van der Waals surface area contributed by atoms with E-state index in [1.54, 1.807) is 13.0 Å².